The van der Waals surface area contributed by atoms with E-state index in [0.717, 1.165) is 5.25 Å². The third-order valence-electron chi connectivity index (χ3n) is 2.92. The van der Waals surface area contributed by atoms with Gasteiger partial charge in [-0.25, -0.2) is 0 Å². The zero-order chi connectivity index (χ0) is 9.73. The van der Waals surface area contributed by atoms with Crippen LogP contribution in [-0.4, -0.2) is 16.3 Å². The van der Waals surface area contributed by atoms with Crippen LogP contribution in [0.1, 0.15) is 46.0 Å². The van der Waals surface area contributed by atoms with E-state index in [1.807, 2.05) is 0 Å². The van der Waals surface area contributed by atoms with Crippen LogP contribution in [-0.2, 0) is 0 Å². The molecule has 1 aliphatic rings. The number of alkyl halides is 1. The minimum absolute atomic E-state index is 0.632. The molecule has 0 spiro atoms. The summed E-state index contributed by atoms with van der Waals surface area (Å²) in [5.41, 5.74) is 0.632. The molecule has 78 valence electrons. The smallest absolute Gasteiger partial charge is 0.00958 e. The van der Waals surface area contributed by atoms with E-state index in [9.17, 15) is 0 Å². The molecular formula is C11H21BrS. The Morgan fingerprint density at radius 2 is 1.85 bits per heavy atom. The van der Waals surface area contributed by atoms with Gasteiger partial charge >= 0.3 is 0 Å². The predicted octanol–water partition coefficient (Wildman–Crippen LogP) is 4.47. The van der Waals surface area contributed by atoms with E-state index in [0.29, 0.717) is 5.41 Å². The average Bonchev–Trinajstić information content (AvgIpc) is 2.16. The van der Waals surface area contributed by atoms with E-state index in [4.69, 9.17) is 0 Å². The summed E-state index contributed by atoms with van der Waals surface area (Å²) in [5, 5.41) is 2.00. The summed E-state index contributed by atoms with van der Waals surface area (Å²) in [4.78, 5) is 0. The van der Waals surface area contributed by atoms with Crippen LogP contribution >= 0.6 is 27.7 Å². The number of hydrogen-bond acceptors (Lipinski definition) is 1. The number of thioether (sulfide) groups is 1. The summed E-state index contributed by atoms with van der Waals surface area (Å²) >= 11 is 5.84. The van der Waals surface area contributed by atoms with Crippen molar-refractivity contribution in [1.82, 2.24) is 0 Å². The summed E-state index contributed by atoms with van der Waals surface area (Å²) in [6.07, 6.45) is 7.24. The molecule has 0 heterocycles. The summed E-state index contributed by atoms with van der Waals surface area (Å²) < 4.78 is 0. The molecule has 0 nitrogen and oxygen atoms in total. The highest BCUT2D eigenvalue weighted by atomic mass is 79.9. The van der Waals surface area contributed by atoms with Gasteiger partial charge in [-0.2, -0.15) is 11.8 Å². The standard InChI is InChI=1S/C11H21BrS/c1-10(2)13-9-11(8-12)6-4-3-5-7-11/h10H,3-9H2,1-2H3. The number of rotatable bonds is 4. The van der Waals surface area contributed by atoms with Crippen molar-refractivity contribution in [2.75, 3.05) is 11.1 Å². The highest BCUT2D eigenvalue weighted by Gasteiger charge is 2.30. The van der Waals surface area contributed by atoms with Crippen molar-refractivity contribution in [3.05, 3.63) is 0 Å². The first-order valence-corrected chi connectivity index (χ1v) is 7.53. The van der Waals surface area contributed by atoms with Crippen molar-refractivity contribution in [3.8, 4) is 0 Å². The van der Waals surface area contributed by atoms with Gasteiger partial charge in [-0.3, -0.25) is 0 Å². The van der Waals surface area contributed by atoms with E-state index in [2.05, 4.69) is 41.5 Å². The van der Waals surface area contributed by atoms with Gasteiger partial charge in [0.15, 0.2) is 0 Å². The largest absolute Gasteiger partial charge is 0.159 e. The molecule has 0 aliphatic heterocycles. The molecule has 1 rings (SSSR count). The molecule has 2 heteroatoms. The zero-order valence-corrected chi connectivity index (χ0v) is 11.2. The summed E-state index contributed by atoms with van der Waals surface area (Å²) in [6.45, 7) is 4.60. The fraction of sp³-hybridized carbons (Fsp3) is 1.00. The molecule has 0 saturated heterocycles. The van der Waals surface area contributed by atoms with E-state index in [-0.39, 0.29) is 0 Å². The molecule has 0 aromatic heterocycles. The third-order valence-corrected chi connectivity index (χ3v) is 5.56. The van der Waals surface area contributed by atoms with Crippen LogP contribution < -0.4 is 0 Å². The molecule has 0 unspecified atom stereocenters. The average molecular weight is 265 g/mol. The Labute approximate surface area is 95.4 Å². The van der Waals surface area contributed by atoms with Crippen LogP contribution in [0.5, 0.6) is 0 Å². The van der Waals surface area contributed by atoms with Crippen molar-refractivity contribution in [1.29, 1.82) is 0 Å². The van der Waals surface area contributed by atoms with E-state index < -0.39 is 0 Å². The van der Waals surface area contributed by atoms with Gasteiger partial charge in [-0.1, -0.05) is 49.0 Å². The molecule has 13 heavy (non-hydrogen) atoms. The normalized spacial score (nSPS) is 22.2. The van der Waals surface area contributed by atoms with E-state index in [1.54, 1.807) is 0 Å². The molecule has 0 amide bonds. The van der Waals surface area contributed by atoms with Gasteiger partial charge in [0, 0.05) is 5.33 Å². The first-order chi connectivity index (χ1) is 6.18. The van der Waals surface area contributed by atoms with E-state index in [1.165, 1.54) is 43.2 Å². The third kappa shape index (κ3) is 3.83. The molecule has 0 radical (unpaired) electrons. The zero-order valence-electron chi connectivity index (χ0n) is 8.81. The van der Waals surface area contributed by atoms with Crippen molar-refractivity contribution in [2.45, 2.75) is 51.2 Å². The van der Waals surface area contributed by atoms with Crippen molar-refractivity contribution in [2.24, 2.45) is 5.41 Å². The molecule has 1 aliphatic carbocycles. The van der Waals surface area contributed by atoms with Crippen LogP contribution in [0.2, 0.25) is 0 Å². The lowest BCUT2D eigenvalue weighted by Crippen LogP contribution is -2.29. The van der Waals surface area contributed by atoms with Crippen LogP contribution in [0.3, 0.4) is 0 Å². The molecule has 0 aromatic carbocycles. The van der Waals surface area contributed by atoms with Crippen LogP contribution in [0.15, 0.2) is 0 Å². The fourth-order valence-corrected chi connectivity index (χ4v) is 4.06. The van der Waals surface area contributed by atoms with Crippen LogP contribution in [0.4, 0.5) is 0 Å². The molecule has 0 atom stereocenters. The summed E-state index contributed by atoms with van der Waals surface area (Å²) in [6, 6.07) is 0. The lowest BCUT2D eigenvalue weighted by Gasteiger charge is -2.36. The molecule has 0 aromatic rings. The SMILES string of the molecule is CC(C)SCC1(CBr)CCCCC1. The Kier molecular flexibility index (Phi) is 5.17. The maximum atomic E-state index is 3.70. The molecule has 1 fully saturated rings. The second-order valence-electron chi connectivity index (χ2n) is 4.55. The molecule has 1 saturated carbocycles. The van der Waals surface area contributed by atoms with Gasteiger partial charge < -0.3 is 0 Å². The number of halogens is 1. The minimum Gasteiger partial charge on any atom is -0.159 e. The molecular weight excluding hydrogens is 244 g/mol. The lowest BCUT2D eigenvalue weighted by molar-refractivity contribution is 0.260. The van der Waals surface area contributed by atoms with Crippen LogP contribution in [0, 0.1) is 5.41 Å². The quantitative estimate of drug-likeness (QED) is 0.676. The molecule has 0 bridgehead atoms. The Balaban J connectivity index is 2.38. The first-order valence-electron chi connectivity index (χ1n) is 5.36. The summed E-state index contributed by atoms with van der Waals surface area (Å²) in [7, 11) is 0. The van der Waals surface area contributed by atoms with Gasteiger partial charge in [0.1, 0.15) is 0 Å². The Bertz CT molecular complexity index is 139. The van der Waals surface area contributed by atoms with Gasteiger partial charge in [0.2, 0.25) is 0 Å². The minimum atomic E-state index is 0.632. The molecule has 0 N–H and O–H groups in total. The monoisotopic (exact) mass is 264 g/mol. The fourth-order valence-electron chi connectivity index (χ4n) is 1.96. The van der Waals surface area contributed by atoms with Crippen molar-refractivity contribution < 1.29 is 0 Å². The lowest BCUT2D eigenvalue weighted by atomic mass is 9.77. The van der Waals surface area contributed by atoms with Gasteiger partial charge in [0.05, 0.1) is 0 Å². The van der Waals surface area contributed by atoms with Gasteiger partial charge in [-0.15, -0.1) is 0 Å². The maximum Gasteiger partial charge on any atom is 0.00958 e. The Hall–Kier alpha value is 0.830. The Morgan fingerprint density at radius 3 is 2.31 bits per heavy atom. The van der Waals surface area contributed by atoms with Crippen molar-refractivity contribution in [3.63, 3.8) is 0 Å². The maximum absolute atomic E-state index is 3.70. The second kappa shape index (κ2) is 5.65. The first kappa shape index (κ1) is 11.9. The van der Waals surface area contributed by atoms with Gasteiger partial charge in [0.25, 0.3) is 0 Å². The topological polar surface area (TPSA) is 0 Å². The van der Waals surface area contributed by atoms with E-state index >= 15 is 0 Å². The summed E-state index contributed by atoms with van der Waals surface area (Å²) in [5.74, 6) is 1.36. The highest BCUT2D eigenvalue weighted by Crippen LogP contribution is 2.41. The highest BCUT2D eigenvalue weighted by molar-refractivity contribution is 9.09. The predicted molar refractivity (Wildman–Crippen MR) is 66.9 cm³/mol. The second-order valence-corrected chi connectivity index (χ2v) is 6.68. The Morgan fingerprint density at radius 1 is 1.23 bits per heavy atom. The van der Waals surface area contributed by atoms with Crippen LogP contribution in [0.25, 0.3) is 0 Å². The van der Waals surface area contributed by atoms with Crippen molar-refractivity contribution >= 4 is 27.7 Å². The van der Waals surface area contributed by atoms with Gasteiger partial charge in [-0.05, 0) is 29.3 Å². The number of hydrogen-bond donors (Lipinski definition) is 0.